The molecule has 0 radical (unpaired) electrons. The predicted octanol–water partition coefficient (Wildman–Crippen LogP) is 3.87. The van der Waals surface area contributed by atoms with Gasteiger partial charge in [-0.25, -0.2) is 0 Å². The van der Waals surface area contributed by atoms with Crippen molar-refractivity contribution in [2.75, 3.05) is 6.54 Å². The minimum Gasteiger partial charge on any atom is -0.330 e. The fourth-order valence-electron chi connectivity index (χ4n) is 2.14. The van der Waals surface area contributed by atoms with Gasteiger partial charge in [0, 0.05) is 0 Å². The molecule has 4 heteroatoms. The van der Waals surface area contributed by atoms with Gasteiger partial charge in [0.1, 0.15) is 0 Å². The fraction of sp³-hybridized carbons (Fsp3) is 0.571. The van der Waals surface area contributed by atoms with Gasteiger partial charge in [0.2, 0.25) is 0 Å². The molecular weight excluding hydrogens is 239 g/mol. The molecule has 0 aliphatic carbocycles. The van der Waals surface area contributed by atoms with Crippen molar-refractivity contribution in [1.82, 2.24) is 0 Å². The van der Waals surface area contributed by atoms with Crippen LogP contribution in [-0.2, 0) is 12.6 Å². The number of nitrogens with two attached hydrogens (primary N) is 1. The van der Waals surface area contributed by atoms with Crippen molar-refractivity contribution >= 4 is 0 Å². The lowest BCUT2D eigenvalue weighted by atomic mass is 9.90. The van der Waals surface area contributed by atoms with Crippen LogP contribution < -0.4 is 5.73 Å². The van der Waals surface area contributed by atoms with Crippen LogP contribution >= 0.6 is 0 Å². The molecule has 1 rings (SSSR count). The largest absolute Gasteiger partial charge is 0.416 e. The number of alkyl halides is 3. The molecule has 0 saturated heterocycles. The zero-order valence-electron chi connectivity index (χ0n) is 10.8. The molecule has 1 aromatic carbocycles. The van der Waals surface area contributed by atoms with E-state index in [1.165, 1.54) is 12.1 Å². The van der Waals surface area contributed by atoms with Crippen LogP contribution in [0.25, 0.3) is 0 Å². The molecule has 102 valence electrons. The van der Waals surface area contributed by atoms with Crippen molar-refractivity contribution in [2.24, 2.45) is 17.6 Å². The Balaban J connectivity index is 2.78. The average molecular weight is 259 g/mol. The number of halogens is 3. The van der Waals surface area contributed by atoms with E-state index in [2.05, 4.69) is 13.8 Å². The molecule has 0 saturated carbocycles. The summed E-state index contributed by atoms with van der Waals surface area (Å²) < 4.78 is 37.7. The molecule has 1 aromatic rings. The van der Waals surface area contributed by atoms with E-state index in [0.29, 0.717) is 24.4 Å². The monoisotopic (exact) mass is 259 g/mol. The summed E-state index contributed by atoms with van der Waals surface area (Å²) in [6.07, 6.45) is -2.72. The van der Waals surface area contributed by atoms with E-state index < -0.39 is 11.7 Å². The lowest BCUT2D eigenvalue weighted by molar-refractivity contribution is -0.137. The Morgan fingerprint density at radius 3 is 2.39 bits per heavy atom. The molecule has 2 N–H and O–H groups in total. The summed E-state index contributed by atoms with van der Waals surface area (Å²) >= 11 is 0. The Morgan fingerprint density at radius 1 is 1.22 bits per heavy atom. The van der Waals surface area contributed by atoms with E-state index in [1.54, 1.807) is 6.07 Å². The molecule has 0 fully saturated rings. The quantitative estimate of drug-likeness (QED) is 0.853. The number of hydrogen-bond donors (Lipinski definition) is 1. The van der Waals surface area contributed by atoms with Gasteiger partial charge in [-0.3, -0.25) is 0 Å². The van der Waals surface area contributed by atoms with Gasteiger partial charge in [-0.1, -0.05) is 32.0 Å². The van der Waals surface area contributed by atoms with Crippen LogP contribution in [0.5, 0.6) is 0 Å². The van der Waals surface area contributed by atoms with Crippen molar-refractivity contribution in [3.05, 3.63) is 35.4 Å². The SMILES string of the molecule is CC(C)CC(CN)Cc1cccc(C(F)(F)F)c1. The molecule has 0 amide bonds. The summed E-state index contributed by atoms with van der Waals surface area (Å²) in [6.45, 7) is 4.69. The second kappa shape index (κ2) is 6.23. The Bertz CT molecular complexity index is 372. The smallest absolute Gasteiger partial charge is 0.330 e. The van der Waals surface area contributed by atoms with E-state index in [0.717, 1.165) is 12.5 Å². The molecule has 1 atom stereocenters. The van der Waals surface area contributed by atoms with Crippen molar-refractivity contribution < 1.29 is 13.2 Å². The van der Waals surface area contributed by atoms with Crippen LogP contribution in [0.15, 0.2) is 24.3 Å². The minimum atomic E-state index is -4.27. The van der Waals surface area contributed by atoms with Crippen molar-refractivity contribution in [3.8, 4) is 0 Å². The van der Waals surface area contributed by atoms with Crippen LogP contribution in [0.3, 0.4) is 0 Å². The summed E-state index contributed by atoms with van der Waals surface area (Å²) in [5.74, 6) is 0.748. The van der Waals surface area contributed by atoms with Crippen LogP contribution in [0.4, 0.5) is 13.2 Å². The molecule has 1 unspecified atom stereocenters. The van der Waals surface area contributed by atoms with Crippen LogP contribution in [0.1, 0.15) is 31.4 Å². The maximum absolute atomic E-state index is 12.6. The summed E-state index contributed by atoms with van der Waals surface area (Å²) in [5, 5.41) is 0. The number of rotatable bonds is 5. The Morgan fingerprint density at radius 2 is 1.89 bits per heavy atom. The average Bonchev–Trinajstić information content (AvgIpc) is 2.26. The lowest BCUT2D eigenvalue weighted by Crippen LogP contribution is -2.19. The summed E-state index contributed by atoms with van der Waals surface area (Å²) in [4.78, 5) is 0. The second-order valence-electron chi connectivity index (χ2n) is 5.13. The zero-order valence-corrected chi connectivity index (χ0v) is 10.8. The van der Waals surface area contributed by atoms with Crippen molar-refractivity contribution in [3.63, 3.8) is 0 Å². The summed E-state index contributed by atoms with van der Waals surface area (Å²) in [5.41, 5.74) is 5.80. The summed E-state index contributed by atoms with van der Waals surface area (Å²) in [7, 11) is 0. The Hall–Kier alpha value is -1.03. The van der Waals surface area contributed by atoms with E-state index in [4.69, 9.17) is 5.73 Å². The second-order valence-corrected chi connectivity index (χ2v) is 5.13. The first-order chi connectivity index (χ1) is 8.32. The van der Waals surface area contributed by atoms with Crippen molar-refractivity contribution in [2.45, 2.75) is 32.9 Å². The molecule has 0 aromatic heterocycles. The maximum atomic E-state index is 12.6. The van der Waals surface area contributed by atoms with Gasteiger partial charge < -0.3 is 5.73 Å². The Kier molecular flexibility index (Phi) is 5.20. The van der Waals surface area contributed by atoms with Crippen molar-refractivity contribution in [1.29, 1.82) is 0 Å². The predicted molar refractivity (Wildman–Crippen MR) is 67.1 cm³/mol. The van der Waals surface area contributed by atoms with Gasteiger partial charge >= 0.3 is 6.18 Å². The van der Waals surface area contributed by atoms with Gasteiger partial charge in [0.25, 0.3) is 0 Å². The molecule has 18 heavy (non-hydrogen) atoms. The standard InChI is InChI=1S/C14H20F3N/c1-10(2)6-12(9-18)7-11-4-3-5-13(8-11)14(15,16)17/h3-5,8,10,12H,6-7,9,18H2,1-2H3. The first-order valence-electron chi connectivity index (χ1n) is 6.19. The zero-order chi connectivity index (χ0) is 13.8. The van der Waals surface area contributed by atoms with Crippen LogP contribution in [0, 0.1) is 11.8 Å². The highest BCUT2D eigenvalue weighted by Crippen LogP contribution is 2.30. The first kappa shape index (κ1) is 15.0. The highest BCUT2D eigenvalue weighted by atomic mass is 19.4. The van der Waals surface area contributed by atoms with Gasteiger partial charge in [-0.2, -0.15) is 13.2 Å². The summed E-state index contributed by atoms with van der Waals surface area (Å²) in [6, 6.07) is 5.52. The minimum absolute atomic E-state index is 0.244. The topological polar surface area (TPSA) is 26.0 Å². The molecule has 0 heterocycles. The van der Waals surface area contributed by atoms with Gasteiger partial charge in [0.05, 0.1) is 5.56 Å². The molecular formula is C14H20F3N. The molecule has 0 spiro atoms. The first-order valence-corrected chi connectivity index (χ1v) is 6.19. The van der Waals surface area contributed by atoms with E-state index >= 15 is 0 Å². The highest BCUT2D eigenvalue weighted by Gasteiger charge is 2.30. The number of benzene rings is 1. The fourth-order valence-corrected chi connectivity index (χ4v) is 2.14. The number of hydrogen-bond acceptors (Lipinski definition) is 1. The molecule has 1 nitrogen and oxygen atoms in total. The maximum Gasteiger partial charge on any atom is 0.416 e. The van der Waals surface area contributed by atoms with E-state index in [9.17, 15) is 13.2 Å². The third-order valence-electron chi connectivity index (χ3n) is 2.92. The lowest BCUT2D eigenvalue weighted by Gasteiger charge is -2.17. The van der Waals surface area contributed by atoms with E-state index in [1.807, 2.05) is 0 Å². The third-order valence-corrected chi connectivity index (χ3v) is 2.92. The van der Waals surface area contributed by atoms with Gasteiger partial charge in [0.15, 0.2) is 0 Å². The normalized spacial score (nSPS) is 13.9. The van der Waals surface area contributed by atoms with Gasteiger partial charge in [-0.05, 0) is 42.9 Å². The van der Waals surface area contributed by atoms with Crippen LogP contribution in [0.2, 0.25) is 0 Å². The van der Waals surface area contributed by atoms with Gasteiger partial charge in [-0.15, -0.1) is 0 Å². The molecule has 0 aliphatic heterocycles. The molecule has 0 bridgehead atoms. The van der Waals surface area contributed by atoms with Crippen LogP contribution in [-0.4, -0.2) is 6.54 Å². The Labute approximate surface area is 106 Å². The van der Waals surface area contributed by atoms with E-state index in [-0.39, 0.29) is 5.92 Å². The molecule has 0 aliphatic rings. The highest BCUT2D eigenvalue weighted by molar-refractivity contribution is 5.26. The third kappa shape index (κ3) is 4.69.